The molecular weight excluding hydrogens is 510 g/mol. The van der Waals surface area contributed by atoms with Crippen molar-refractivity contribution in [3.63, 3.8) is 0 Å². The first-order valence-electron chi connectivity index (χ1n) is 12.1. The summed E-state index contributed by atoms with van der Waals surface area (Å²) in [6, 6.07) is 17.6. The topological polar surface area (TPSA) is 138 Å². The number of fused-ring (bicyclic) bond motifs is 1. The average Bonchev–Trinajstić information content (AvgIpc) is 3.53. The predicted octanol–water partition coefficient (Wildman–Crippen LogP) is 3.31. The Bertz CT molecular complexity index is 1630. The molecule has 4 N–H and O–H groups in total. The number of halogens is 1. The Balaban J connectivity index is 1.20. The van der Waals surface area contributed by atoms with Crippen LogP contribution in [0.5, 0.6) is 6.01 Å². The number of benzene rings is 2. The summed E-state index contributed by atoms with van der Waals surface area (Å²) in [5.74, 6) is 0. The molecule has 10 nitrogen and oxygen atoms in total. The molecule has 0 amide bonds. The van der Waals surface area contributed by atoms with Gasteiger partial charge in [-0.1, -0.05) is 48.0 Å². The zero-order chi connectivity index (χ0) is 26.2. The normalized spacial score (nSPS) is 19.6. The maximum Gasteiger partial charge on any atom is 0.330 e. The third-order valence-corrected chi connectivity index (χ3v) is 6.87. The molecule has 0 spiro atoms. The molecule has 0 radical (unpaired) electrons. The van der Waals surface area contributed by atoms with Gasteiger partial charge in [-0.25, -0.2) is 9.78 Å². The summed E-state index contributed by atoms with van der Waals surface area (Å²) in [6.07, 6.45) is 1.79. The fraction of sp³-hybridized carbons (Fsp3) is 0.222. The van der Waals surface area contributed by atoms with E-state index in [1.54, 1.807) is 23.0 Å². The number of hydrogen-bond donors (Lipinski definition) is 4. The van der Waals surface area contributed by atoms with Gasteiger partial charge in [-0.2, -0.15) is 4.98 Å². The molecule has 11 heteroatoms. The van der Waals surface area contributed by atoms with Gasteiger partial charge in [-0.15, -0.1) is 0 Å². The molecule has 0 aliphatic carbocycles. The largest absolute Gasteiger partial charge is 0.459 e. The van der Waals surface area contributed by atoms with Gasteiger partial charge >= 0.3 is 5.69 Å². The number of nitrogens with zero attached hydrogens (tertiary/aromatic N) is 3. The van der Waals surface area contributed by atoms with Crippen LogP contribution < -0.4 is 10.4 Å². The van der Waals surface area contributed by atoms with Gasteiger partial charge in [-0.05, 0) is 29.3 Å². The molecule has 38 heavy (non-hydrogen) atoms. The Hall–Kier alpha value is -3.96. The van der Waals surface area contributed by atoms with Crippen molar-refractivity contribution >= 4 is 22.8 Å². The lowest BCUT2D eigenvalue weighted by molar-refractivity contribution is -0.131. The summed E-state index contributed by atoms with van der Waals surface area (Å²) >= 11 is 6.57. The van der Waals surface area contributed by atoms with E-state index in [9.17, 15) is 15.0 Å². The van der Waals surface area contributed by atoms with E-state index in [1.807, 2.05) is 48.5 Å². The van der Waals surface area contributed by atoms with E-state index < -0.39 is 18.3 Å². The molecule has 194 valence electrons. The Morgan fingerprint density at radius 2 is 1.79 bits per heavy atom. The van der Waals surface area contributed by atoms with Gasteiger partial charge in [0.1, 0.15) is 12.2 Å². The summed E-state index contributed by atoms with van der Waals surface area (Å²) < 4.78 is 12.8. The number of H-pyrrole nitrogens is 2. The summed E-state index contributed by atoms with van der Waals surface area (Å²) in [5.41, 5.74) is 5.11. The first-order valence-corrected chi connectivity index (χ1v) is 12.5. The Labute approximate surface area is 221 Å². The van der Waals surface area contributed by atoms with Crippen LogP contribution in [0.25, 0.3) is 39.2 Å². The zero-order valence-electron chi connectivity index (χ0n) is 20.0. The van der Waals surface area contributed by atoms with Crippen molar-refractivity contribution in [2.24, 2.45) is 0 Å². The minimum absolute atomic E-state index is 0.183. The highest BCUT2D eigenvalue weighted by Gasteiger charge is 2.31. The molecule has 2 aromatic carbocycles. The van der Waals surface area contributed by atoms with E-state index in [0.717, 1.165) is 22.4 Å². The van der Waals surface area contributed by atoms with E-state index in [1.165, 1.54) is 0 Å². The number of aromatic nitrogens is 5. The van der Waals surface area contributed by atoms with Crippen LogP contribution in [0.15, 0.2) is 71.8 Å². The lowest BCUT2D eigenvalue weighted by Crippen LogP contribution is -2.45. The van der Waals surface area contributed by atoms with Crippen molar-refractivity contribution in [2.45, 2.75) is 24.7 Å². The summed E-state index contributed by atoms with van der Waals surface area (Å²) in [7, 11) is 0. The second-order valence-electron chi connectivity index (χ2n) is 9.09. The molecule has 1 aliphatic rings. The van der Waals surface area contributed by atoms with Crippen LogP contribution in [-0.2, 0) is 4.74 Å². The molecule has 3 aromatic heterocycles. The van der Waals surface area contributed by atoms with Gasteiger partial charge in [0.15, 0.2) is 5.65 Å². The Morgan fingerprint density at radius 1 is 1.08 bits per heavy atom. The third-order valence-electron chi connectivity index (χ3n) is 6.58. The summed E-state index contributed by atoms with van der Waals surface area (Å²) in [5, 5.41) is 19.8. The Kier molecular flexibility index (Phi) is 6.46. The van der Waals surface area contributed by atoms with Crippen LogP contribution in [0.1, 0.15) is 6.42 Å². The zero-order valence-corrected chi connectivity index (χ0v) is 20.8. The van der Waals surface area contributed by atoms with Crippen LogP contribution in [0.4, 0.5) is 0 Å². The highest BCUT2D eigenvalue weighted by Crippen LogP contribution is 2.31. The SMILES string of the molecule is O=c1[nH]ccn1-c1ccc(-c2ccc(-c3nc4nc(OC5COC(CO)C(O)C5)[nH]c4cc3Cl)cc2)cc1. The molecule has 4 heterocycles. The van der Waals surface area contributed by atoms with E-state index in [-0.39, 0.29) is 24.9 Å². The van der Waals surface area contributed by atoms with Gasteiger partial charge < -0.3 is 29.7 Å². The number of hydrogen-bond acceptors (Lipinski definition) is 7. The summed E-state index contributed by atoms with van der Waals surface area (Å²) in [4.78, 5) is 26.6. The third kappa shape index (κ3) is 4.70. The van der Waals surface area contributed by atoms with E-state index in [0.29, 0.717) is 28.3 Å². The van der Waals surface area contributed by atoms with Gasteiger partial charge in [0, 0.05) is 24.4 Å². The molecule has 0 bridgehead atoms. The maximum absolute atomic E-state index is 11.8. The second kappa shape index (κ2) is 10.1. The highest BCUT2D eigenvalue weighted by molar-refractivity contribution is 6.33. The average molecular weight is 534 g/mol. The molecule has 1 aliphatic heterocycles. The van der Waals surface area contributed by atoms with Crippen LogP contribution in [0.3, 0.4) is 0 Å². The molecular formula is C27H24ClN5O5. The first kappa shape index (κ1) is 24.4. The lowest BCUT2D eigenvalue weighted by atomic mass is 10.0. The van der Waals surface area contributed by atoms with E-state index >= 15 is 0 Å². The number of imidazole rings is 2. The number of aromatic amines is 2. The smallest absolute Gasteiger partial charge is 0.330 e. The molecule has 6 rings (SSSR count). The number of nitrogens with one attached hydrogen (secondary N) is 2. The summed E-state index contributed by atoms with van der Waals surface area (Å²) in [6.45, 7) is -0.00784. The van der Waals surface area contributed by atoms with Crippen molar-refractivity contribution in [1.29, 1.82) is 0 Å². The van der Waals surface area contributed by atoms with Crippen molar-refractivity contribution in [3.8, 4) is 34.1 Å². The fourth-order valence-corrected chi connectivity index (χ4v) is 4.82. The van der Waals surface area contributed by atoms with Gasteiger partial charge in [-0.3, -0.25) is 4.57 Å². The number of aliphatic hydroxyl groups is 2. The van der Waals surface area contributed by atoms with Crippen LogP contribution in [0, 0.1) is 0 Å². The van der Waals surface area contributed by atoms with Crippen molar-refractivity contribution in [3.05, 3.63) is 82.5 Å². The second-order valence-corrected chi connectivity index (χ2v) is 9.50. The molecule has 1 fully saturated rings. The molecule has 1 saturated heterocycles. The highest BCUT2D eigenvalue weighted by atomic mass is 35.5. The van der Waals surface area contributed by atoms with Crippen molar-refractivity contribution in [1.82, 2.24) is 24.5 Å². The van der Waals surface area contributed by atoms with Gasteiger partial charge in [0.05, 0.1) is 41.2 Å². The quantitative estimate of drug-likeness (QED) is 0.263. The monoisotopic (exact) mass is 533 g/mol. The predicted molar refractivity (Wildman–Crippen MR) is 142 cm³/mol. The number of aliphatic hydroxyl groups excluding tert-OH is 2. The minimum atomic E-state index is -0.813. The van der Waals surface area contributed by atoms with E-state index in [2.05, 4.69) is 19.9 Å². The van der Waals surface area contributed by atoms with Gasteiger partial charge in [0.2, 0.25) is 0 Å². The number of rotatable bonds is 6. The van der Waals surface area contributed by atoms with Crippen molar-refractivity contribution in [2.75, 3.05) is 13.2 Å². The maximum atomic E-state index is 11.8. The van der Waals surface area contributed by atoms with Crippen molar-refractivity contribution < 1.29 is 19.7 Å². The number of ether oxygens (including phenoxy) is 2. The standard InChI is InChI=1S/C27H24ClN5O5/c28-20-12-21-25(32-26(30-21)38-19-11-22(35)23(13-34)37-14-19)31-24(20)17-3-1-15(2-4-17)16-5-7-18(8-6-16)33-10-9-29-27(33)36/h1-10,12,19,22-23,34-35H,11,13-14H2,(H,29,36)(H,30,31,32). The molecule has 3 unspecified atom stereocenters. The van der Waals surface area contributed by atoms with Crippen LogP contribution in [-0.4, -0.2) is 66.2 Å². The Morgan fingerprint density at radius 3 is 2.45 bits per heavy atom. The van der Waals surface area contributed by atoms with E-state index in [4.69, 9.17) is 21.1 Å². The van der Waals surface area contributed by atoms with Crippen LogP contribution >= 0.6 is 11.6 Å². The van der Waals surface area contributed by atoms with Gasteiger partial charge in [0.25, 0.3) is 6.01 Å². The molecule has 0 saturated carbocycles. The fourth-order valence-electron chi connectivity index (χ4n) is 4.56. The van der Waals surface area contributed by atoms with Crippen LogP contribution in [0.2, 0.25) is 5.02 Å². The molecule has 3 atom stereocenters. The molecule has 5 aromatic rings. The lowest BCUT2D eigenvalue weighted by Gasteiger charge is -2.31. The number of pyridine rings is 1. The first-order chi connectivity index (χ1) is 18.5. The minimum Gasteiger partial charge on any atom is -0.459 e.